The summed E-state index contributed by atoms with van der Waals surface area (Å²) in [4.78, 5) is 57.4. The Kier molecular flexibility index (Phi) is 33.4. The van der Waals surface area contributed by atoms with E-state index < -0.39 is 20.0 Å². The van der Waals surface area contributed by atoms with Gasteiger partial charge < -0.3 is 43.1 Å². The summed E-state index contributed by atoms with van der Waals surface area (Å²) in [6.45, 7) is 23.5. The van der Waals surface area contributed by atoms with Crippen molar-refractivity contribution in [2.75, 3.05) is 104 Å². The van der Waals surface area contributed by atoms with Gasteiger partial charge >= 0.3 is 18.3 Å². The van der Waals surface area contributed by atoms with Crippen LogP contribution in [0.5, 0.6) is 11.8 Å². The van der Waals surface area contributed by atoms with Crippen LogP contribution < -0.4 is 9.47 Å². The van der Waals surface area contributed by atoms with Gasteiger partial charge in [0.15, 0.2) is 5.90 Å². The summed E-state index contributed by atoms with van der Waals surface area (Å²) in [5, 5.41) is 0. The molecule has 7 aliphatic heterocycles. The van der Waals surface area contributed by atoms with E-state index in [0.29, 0.717) is 82.0 Å². The number of aliphatic imine (C=N–C) groups is 1. The van der Waals surface area contributed by atoms with E-state index in [1.165, 1.54) is 33.5 Å². The molecule has 0 bridgehead atoms. The topological polar surface area (TPSA) is 232 Å². The molecule has 9 heterocycles. The van der Waals surface area contributed by atoms with E-state index in [9.17, 15) is 31.2 Å². The number of carbonyl (C=O) groups excluding carboxylic acids is 3. The fraction of sp³-hybridized carbons (Fsp3) is 0.722. The Hall–Kier alpha value is -5.82. The van der Waals surface area contributed by atoms with E-state index in [1.807, 2.05) is 63.6 Å². The predicted molar refractivity (Wildman–Crippen MR) is 379 cm³/mol. The van der Waals surface area contributed by atoms with Gasteiger partial charge in [0, 0.05) is 121 Å². The average molecular weight is 1380 g/mol. The fourth-order valence-electron chi connectivity index (χ4n) is 13.7. The molecule has 2 unspecified atom stereocenters. The third-order valence-corrected chi connectivity index (χ3v) is 21.4. The number of hydrogen-bond donors (Lipinski definition) is 0. The first-order valence-electron chi connectivity index (χ1n) is 34.5. The minimum atomic E-state index is -3.19. The molecular formula is C72H119N9O13S2. The summed E-state index contributed by atoms with van der Waals surface area (Å²) < 4.78 is 84.4. The van der Waals surface area contributed by atoms with Crippen LogP contribution in [-0.2, 0) is 71.5 Å². The lowest BCUT2D eigenvalue weighted by Crippen LogP contribution is -2.47. The van der Waals surface area contributed by atoms with Crippen LogP contribution in [0, 0.1) is 29.6 Å². The summed E-state index contributed by atoms with van der Waals surface area (Å²) in [7, 11) is -6.31. The molecule has 4 saturated heterocycles. The lowest BCUT2D eigenvalue weighted by Gasteiger charge is -2.39. The van der Waals surface area contributed by atoms with E-state index in [-0.39, 0.29) is 64.8 Å². The monoisotopic (exact) mass is 1380 g/mol. The second-order valence-corrected chi connectivity index (χ2v) is 31.1. The lowest BCUT2D eigenvalue weighted by molar-refractivity contribution is 0.0634. The van der Waals surface area contributed by atoms with E-state index in [1.54, 1.807) is 15.4 Å². The molecule has 2 aromatic heterocycles. The number of sulfonamides is 2. The molecule has 1 aromatic carbocycles. The SMILES string of the molecule is C.C.C.CC(C)OC(=O)N1CCC(CCCOC2=NCCC3CN(S(C)(=O)=O)CCC23)CC1.CC(C)OC(=O)N1CCC(CCCOc2nccc3c2CCN(Cc2ccccc2)C3)CC1.CC(C)OC(=O)N1CCC(CCCOc2nccc3c2CCN(S(C)(=O)=O)C3)CC1. The van der Waals surface area contributed by atoms with Crippen molar-refractivity contribution in [2.45, 2.75) is 205 Å². The number of nitrogens with zero attached hydrogens (tertiary/aromatic N) is 9. The Morgan fingerprint density at radius 2 is 0.938 bits per heavy atom. The molecule has 542 valence electrons. The van der Waals surface area contributed by atoms with Crippen LogP contribution in [0.1, 0.15) is 182 Å². The number of pyridine rings is 2. The lowest BCUT2D eigenvalue weighted by atomic mass is 9.82. The van der Waals surface area contributed by atoms with Crippen LogP contribution in [0.25, 0.3) is 0 Å². The number of ether oxygens (including phenoxy) is 6. The van der Waals surface area contributed by atoms with Crippen LogP contribution in [0.3, 0.4) is 0 Å². The maximum atomic E-state index is 12.0. The Morgan fingerprint density at radius 1 is 0.510 bits per heavy atom. The van der Waals surface area contributed by atoms with Gasteiger partial charge in [0.05, 0.1) is 50.6 Å². The number of piperidine rings is 4. The number of hydrogen-bond acceptors (Lipinski definition) is 17. The molecule has 3 aromatic rings. The number of benzene rings is 1. The predicted octanol–water partition coefficient (Wildman–Crippen LogP) is 12.5. The molecule has 0 radical (unpaired) electrons. The minimum absolute atomic E-state index is 0. The van der Waals surface area contributed by atoms with Crippen LogP contribution >= 0.6 is 0 Å². The highest BCUT2D eigenvalue weighted by atomic mass is 32.2. The van der Waals surface area contributed by atoms with Crippen molar-refractivity contribution in [3.8, 4) is 11.8 Å². The zero-order valence-corrected chi connectivity index (χ0v) is 58.4. The van der Waals surface area contributed by atoms with Gasteiger partial charge in [-0.1, -0.05) is 52.6 Å². The molecule has 0 spiro atoms. The highest BCUT2D eigenvalue weighted by molar-refractivity contribution is 7.88. The summed E-state index contributed by atoms with van der Waals surface area (Å²) in [6, 6.07) is 14.7. The van der Waals surface area contributed by atoms with Crippen molar-refractivity contribution in [1.82, 2.24) is 38.2 Å². The average Bonchev–Trinajstić information content (AvgIpc) is 0.821. The van der Waals surface area contributed by atoms with Crippen LogP contribution in [0.4, 0.5) is 14.4 Å². The molecular weight excluding hydrogens is 1260 g/mol. The van der Waals surface area contributed by atoms with Crippen molar-refractivity contribution in [3.63, 3.8) is 0 Å². The molecule has 0 saturated carbocycles. The highest BCUT2D eigenvalue weighted by Crippen LogP contribution is 2.34. The zero-order valence-electron chi connectivity index (χ0n) is 56.8. The van der Waals surface area contributed by atoms with Crippen molar-refractivity contribution >= 4 is 44.2 Å². The quantitative estimate of drug-likeness (QED) is 0.0712. The largest absolute Gasteiger partial charge is 0.481 e. The van der Waals surface area contributed by atoms with Crippen LogP contribution in [0.15, 0.2) is 59.9 Å². The second-order valence-electron chi connectivity index (χ2n) is 27.1. The summed E-state index contributed by atoms with van der Waals surface area (Å²) in [5.74, 6) is 4.73. The minimum Gasteiger partial charge on any atom is -0.481 e. The Morgan fingerprint density at radius 3 is 1.38 bits per heavy atom. The van der Waals surface area contributed by atoms with Gasteiger partial charge in [0.25, 0.3) is 0 Å². The van der Waals surface area contributed by atoms with E-state index >= 15 is 0 Å². The number of rotatable bonds is 21. The van der Waals surface area contributed by atoms with Gasteiger partial charge in [-0.2, -0.15) is 4.31 Å². The Labute approximate surface area is 577 Å². The standard InChI is InChI=1S/C27H37N3O3.C21H37N3O5S.C21H33N3O5S.3CH4/c1-21(2)33-27(31)30-16-11-22(12-17-30)9-6-18-32-26-25-13-15-29(20-24(25)10-14-28-26)19-23-7-4-3-5-8-23;2*1-16(2)29-21(25)23-11-7-17(8-12-23)5-4-14-28-20-19-9-13-24(30(3,26)27)15-18(19)6-10-22-20;;;/h3-5,7-8,10,14,21-22H,6,9,11-13,15-20H2,1-2H3;16-19H,4-15H2,1-3H3;6,10,16-17H,4-5,7-9,11-15H2,1-3H3;3*1H4. The first-order chi connectivity index (χ1) is 44.6. The number of likely N-dealkylation sites (tertiary alicyclic amines) is 3. The molecule has 96 heavy (non-hydrogen) atoms. The molecule has 10 rings (SSSR count). The van der Waals surface area contributed by atoms with E-state index in [0.717, 1.165) is 185 Å². The normalized spacial score (nSPS) is 19.8. The Balaban J connectivity index is 0.000000257. The van der Waals surface area contributed by atoms with Crippen LogP contribution in [-0.4, -0.2) is 202 Å². The number of carbonyl (C=O) groups is 3. The van der Waals surface area contributed by atoms with Gasteiger partial charge in [-0.25, -0.2) is 45.5 Å². The van der Waals surface area contributed by atoms with Crippen LogP contribution in [0.2, 0.25) is 0 Å². The third kappa shape index (κ3) is 25.5. The summed E-state index contributed by atoms with van der Waals surface area (Å²) >= 11 is 0. The molecule has 24 heteroatoms. The van der Waals surface area contributed by atoms with E-state index in [4.69, 9.17) is 28.4 Å². The fourth-order valence-corrected chi connectivity index (χ4v) is 15.4. The van der Waals surface area contributed by atoms with Crippen molar-refractivity contribution in [3.05, 3.63) is 82.7 Å². The zero-order chi connectivity index (χ0) is 66.5. The number of aromatic nitrogens is 2. The van der Waals surface area contributed by atoms with Crippen molar-refractivity contribution < 1.29 is 59.6 Å². The molecule has 0 N–H and O–H groups in total. The first-order valence-corrected chi connectivity index (χ1v) is 38.1. The molecule has 0 aliphatic carbocycles. The summed E-state index contributed by atoms with van der Waals surface area (Å²) in [5.41, 5.74) is 5.96. The third-order valence-electron chi connectivity index (χ3n) is 18.9. The van der Waals surface area contributed by atoms with Gasteiger partial charge in [0.1, 0.15) is 0 Å². The molecule has 3 amide bonds. The van der Waals surface area contributed by atoms with Gasteiger partial charge in [0.2, 0.25) is 31.8 Å². The second kappa shape index (κ2) is 39.7. The van der Waals surface area contributed by atoms with E-state index in [2.05, 4.69) is 56.3 Å². The van der Waals surface area contributed by atoms with Gasteiger partial charge in [-0.3, -0.25) is 9.89 Å². The van der Waals surface area contributed by atoms with Crippen molar-refractivity contribution in [1.29, 1.82) is 0 Å². The Bertz CT molecular complexity index is 3100. The summed E-state index contributed by atoms with van der Waals surface area (Å²) in [6.07, 6.45) is 21.0. The first kappa shape index (κ1) is 80.9. The highest BCUT2D eigenvalue weighted by Gasteiger charge is 2.39. The van der Waals surface area contributed by atoms with Crippen molar-refractivity contribution in [2.24, 2.45) is 34.6 Å². The smallest absolute Gasteiger partial charge is 0.410 e. The molecule has 7 aliphatic rings. The van der Waals surface area contributed by atoms with Gasteiger partial charge in [-0.05, 0) is 197 Å². The molecule has 4 fully saturated rings. The number of amides is 3. The van der Waals surface area contributed by atoms with Gasteiger partial charge in [-0.15, -0.1) is 0 Å². The maximum Gasteiger partial charge on any atom is 0.410 e. The molecule has 2 atom stereocenters. The maximum absolute atomic E-state index is 12.0. The molecule has 22 nitrogen and oxygen atoms in total. The number of fused-ring (bicyclic) bond motifs is 3.